The average molecular weight is 240 g/mol. The van der Waals surface area contributed by atoms with Crippen LogP contribution in [0.4, 0.5) is 0 Å². The summed E-state index contributed by atoms with van der Waals surface area (Å²) in [7, 11) is 0. The molecule has 102 valence electrons. The lowest BCUT2D eigenvalue weighted by Crippen LogP contribution is -2.29. The topological polar surface area (TPSA) is 29.3 Å². The van der Waals surface area contributed by atoms with Crippen LogP contribution in [0, 0.1) is 0 Å². The van der Waals surface area contributed by atoms with Gasteiger partial charge in [0.2, 0.25) is 0 Å². The molecule has 0 atom stereocenters. The Labute approximate surface area is 108 Å². The molecule has 0 bridgehead atoms. The van der Waals surface area contributed by atoms with Crippen molar-refractivity contribution >= 4 is 0 Å². The predicted octanol–water partition coefficient (Wildman–Crippen LogP) is 4.27. The molecule has 0 amide bonds. The number of hydrogen-bond acceptors (Lipinski definition) is 2. The first-order valence-electron chi connectivity index (χ1n) is 7.42. The van der Waals surface area contributed by atoms with Crippen LogP contribution in [0.5, 0.6) is 0 Å². The number of unbranched alkanes of at least 4 members (excludes halogenated alkanes) is 6. The summed E-state index contributed by atoms with van der Waals surface area (Å²) in [6.45, 7) is 8.79. The summed E-state index contributed by atoms with van der Waals surface area (Å²) in [6, 6.07) is 0. The van der Waals surface area contributed by atoms with Gasteiger partial charge in [0, 0.05) is 13.1 Å². The van der Waals surface area contributed by atoms with Crippen LogP contribution in [0.2, 0.25) is 0 Å². The van der Waals surface area contributed by atoms with Crippen LogP contribution in [0.25, 0.3) is 0 Å². The standard InChI is InChI=1S/C15H32N2/c1-4-7-9-11-13-17(15(16)6-3)14-12-10-8-5-2/h6H,4-5,7-14,16H2,1-3H3. The van der Waals surface area contributed by atoms with E-state index in [1.807, 2.05) is 13.0 Å². The Morgan fingerprint density at radius 2 is 1.35 bits per heavy atom. The van der Waals surface area contributed by atoms with Gasteiger partial charge in [-0.05, 0) is 25.8 Å². The molecule has 0 spiro atoms. The van der Waals surface area contributed by atoms with E-state index in [0.717, 1.165) is 18.9 Å². The van der Waals surface area contributed by atoms with Crippen molar-refractivity contribution in [2.75, 3.05) is 13.1 Å². The van der Waals surface area contributed by atoms with Crippen LogP contribution < -0.4 is 5.73 Å². The zero-order valence-electron chi connectivity index (χ0n) is 12.2. The lowest BCUT2D eigenvalue weighted by molar-refractivity contribution is 0.320. The highest BCUT2D eigenvalue weighted by Crippen LogP contribution is 2.08. The predicted molar refractivity (Wildman–Crippen MR) is 77.8 cm³/mol. The molecule has 0 fully saturated rings. The molecule has 2 N–H and O–H groups in total. The van der Waals surface area contributed by atoms with Gasteiger partial charge in [0.1, 0.15) is 0 Å². The van der Waals surface area contributed by atoms with Crippen LogP contribution in [0.3, 0.4) is 0 Å². The van der Waals surface area contributed by atoms with Gasteiger partial charge in [0.25, 0.3) is 0 Å². The number of allylic oxidation sites excluding steroid dienone is 1. The molecule has 0 radical (unpaired) electrons. The van der Waals surface area contributed by atoms with Gasteiger partial charge in [0.05, 0.1) is 5.82 Å². The van der Waals surface area contributed by atoms with E-state index >= 15 is 0 Å². The largest absolute Gasteiger partial charge is 0.386 e. The van der Waals surface area contributed by atoms with E-state index in [1.165, 1.54) is 51.4 Å². The minimum atomic E-state index is 0.956. The molecule has 0 rings (SSSR count). The Balaban J connectivity index is 3.81. The maximum absolute atomic E-state index is 6.03. The van der Waals surface area contributed by atoms with Crippen molar-refractivity contribution in [2.24, 2.45) is 5.73 Å². The summed E-state index contributed by atoms with van der Waals surface area (Å²) in [5, 5.41) is 0. The SMILES string of the molecule is CC=C(N)N(CCCCCC)CCCCCC. The van der Waals surface area contributed by atoms with E-state index in [2.05, 4.69) is 18.7 Å². The third kappa shape index (κ3) is 9.08. The first kappa shape index (κ1) is 16.3. The summed E-state index contributed by atoms with van der Waals surface area (Å²) in [4.78, 5) is 2.35. The van der Waals surface area contributed by atoms with Gasteiger partial charge >= 0.3 is 0 Å². The van der Waals surface area contributed by atoms with E-state index in [4.69, 9.17) is 5.73 Å². The average Bonchev–Trinajstić information content (AvgIpc) is 2.36. The summed E-state index contributed by atoms with van der Waals surface area (Å²) in [5.74, 6) is 0.956. The molecule has 0 aromatic carbocycles. The Hall–Kier alpha value is -0.660. The minimum absolute atomic E-state index is 0.956. The van der Waals surface area contributed by atoms with Gasteiger partial charge in [-0.2, -0.15) is 0 Å². The molecule has 17 heavy (non-hydrogen) atoms. The molecule has 0 aromatic rings. The van der Waals surface area contributed by atoms with Crippen molar-refractivity contribution in [1.82, 2.24) is 4.90 Å². The fourth-order valence-corrected chi connectivity index (χ4v) is 2.01. The zero-order chi connectivity index (χ0) is 12.9. The van der Waals surface area contributed by atoms with Gasteiger partial charge < -0.3 is 10.6 Å². The summed E-state index contributed by atoms with van der Waals surface area (Å²) >= 11 is 0. The molecule has 0 aliphatic heterocycles. The van der Waals surface area contributed by atoms with Crippen molar-refractivity contribution in [3.8, 4) is 0 Å². The quantitative estimate of drug-likeness (QED) is 0.546. The molecule has 0 saturated carbocycles. The fraction of sp³-hybridized carbons (Fsp3) is 0.867. The smallest absolute Gasteiger partial charge is 0.0942 e. The highest BCUT2D eigenvalue weighted by molar-refractivity contribution is 4.93. The van der Waals surface area contributed by atoms with Crippen LogP contribution in [-0.4, -0.2) is 18.0 Å². The molecule has 0 saturated heterocycles. The second-order valence-electron chi connectivity index (χ2n) is 4.82. The van der Waals surface area contributed by atoms with Crippen LogP contribution >= 0.6 is 0 Å². The number of hydrogen-bond donors (Lipinski definition) is 1. The van der Waals surface area contributed by atoms with Crippen LogP contribution in [0.1, 0.15) is 72.1 Å². The van der Waals surface area contributed by atoms with Crippen molar-refractivity contribution in [2.45, 2.75) is 72.1 Å². The molecular formula is C15H32N2. The number of nitrogens with two attached hydrogens (primary N) is 1. The van der Waals surface area contributed by atoms with E-state index in [0.29, 0.717) is 0 Å². The van der Waals surface area contributed by atoms with Gasteiger partial charge in [-0.25, -0.2) is 0 Å². The third-order valence-corrected chi connectivity index (χ3v) is 3.22. The third-order valence-electron chi connectivity index (χ3n) is 3.22. The lowest BCUT2D eigenvalue weighted by Gasteiger charge is -2.24. The normalized spacial score (nSPS) is 11.8. The highest BCUT2D eigenvalue weighted by Gasteiger charge is 2.04. The van der Waals surface area contributed by atoms with Gasteiger partial charge in [-0.3, -0.25) is 0 Å². The summed E-state index contributed by atoms with van der Waals surface area (Å²) in [6.07, 6.45) is 12.5. The molecule has 2 heteroatoms. The van der Waals surface area contributed by atoms with E-state index in [9.17, 15) is 0 Å². The Kier molecular flexibility index (Phi) is 11.4. The maximum atomic E-state index is 6.03. The molecule has 0 aliphatic rings. The lowest BCUT2D eigenvalue weighted by atomic mass is 10.1. The molecule has 0 aromatic heterocycles. The fourth-order valence-electron chi connectivity index (χ4n) is 2.01. The molecule has 0 aliphatic carbocycles. The Bertz CT molecular complexity index is 175. The number of nitrogens with zero attached hydrogens (tertiary/aromatic N) is 1. The van der Waals surface area contributed by atoms with Crippen LogP contribution in [0.15, 0.2) is 11.9 Å². The highest BCUT2D eigenvalue weighted by atomic mass is 15.2. The summed E-state index contributed by atoms with van der Waals surface area (Å²) in [5.41, 5.74) is 6.03. The summed E-state index contributed by atoms with van der Waals surface area (Å²) < 4.78 is 0. The van der Waals surface area contributed by atoms with Gasteiger partial charge in [-0.15, -0.1) is 0 Å². The second-order valence-corrected chi connectivity index (χ2v) is 4.82. The van der Waals surface area contributed by atoms with Crippen molar-refractivity contribution in [3.63, 3.8) is 0 Å². The van der Waals surface area contributed by atoms with Crippen molar-refractivity contribution in [3.05, 3.63) is 11.9 Å². The van der Waals surface area contributed by atoms with Gasteiger partial charge in [-0.1, -0.05) is 52.4 Å². The molecule has 2 nitrogen and oxygen atoms in total. The monoisotopic (exact) mass is 240 g/mol. The molecule has 0 heterocycles. The van der Waals surface area contributed by atoms with E-state index in [-0.39, 0.29) is 0 Å². The zero-order valence-corrected chi connectivity index (χ0v) is 12.2. The minimum Gasteiger partial charge on any atom is -0.386 e. The molecule has 0 unspecified atom stereocenters. The van der Waals surface area contributed by atoms with Crippen LogP contribution in [-0.2, 0) is 0 Å². The van der Waals surface area contributed by atoms with Gasteiger partial charge in [0.15, 0.2) is 0 Å². The van der Waals surface area contributed by atoms with E-state index < -0.39 is 0 Å². The Morgan fingerprint density at radius 3 is 1.71 bits per heavy atom. The number of rotatable bonds is 11. The van der Waals surface area contributed by atoms with Crippen molar-refractivity contribution < 1.29 is 0 Å². The maximum Gasteiger partial charge on any atom is 0.0942 e. The Morgan fingerprint density at radius 1 is 0.882 bits per heavy atom. The van der Waals surface area contributed by atoms with Crippen molar-refractivity contribution in [1.29, 1.82) is 0 Å². The first-order chi connectivity index (χ1) is 8.26. The molecular weight excluding hydrogens is 208 g/mol. The van der Waals surface area contributed by atoms with E-state index in [1.54, 1.807) is 0 Å². The first-order valence-corrected chi connectivity index (χ1v) is 7.42. The second kappa shape index (κ2) is 11.8.